The number of hydrogen-bond acceptors (Lipinski definition) is 5. The van der Waals surface area contributed by atoms with E-state index in [4.69, 9.17) is 4.74 Å². The number of amides is 1. The molecule has 2 aliphatic heterocycles. The second-order valence-electron chi connectivity index (χ2n) is 6.54. The van der Waals surface area contributed by atoms with Gasteiger partial charge in [-0.2, -0.15) is 0 Å². The summed E-state index contributed by atoms with van der Waals surface area (Å²) >= 11 is 0. The van der Waals surface area contributed by atoms with E-state index in [1.165, 1.54) is 0 Å². The van der Waals surface area contributed by atoms with Crippen molar-refractivity contribution < 1.29 is 9.53 Å². The summed E-state index contributed by atoms with van der Waals surface area (Å²) in [4.78, 5) is 25.5. The van der Waals surface area contributed by atoms with Crippen molar-refractivity contribution in [3.05, 3.63) is 17.6 Å². The average Bonchev–Trinajstić information content (AvgIpc) is 2.55. The molecule has 6 nitrogen and oxygen atoms in total. The number of aromatic nitrogens is 2. The molecule has 0 radical (unpaired) electrons. The summed E-state index contributed by atoms with van der Waals surface area (Å²) in [5.74, 6) is 2.63. The predicted octanol–water partition coefficient (Wildman–Crippen LogP) is 1.56. The molecule has 1 amide bonds. The van der Waals surface area contributed by atoms with Crippen molar-refractivity contribution in [3.8, 4) is 0 Å². The summed E-state index contributed by atoms with van der Waals surface area (Å²) in [5.41, 5.74) is 1.01. The van der Waals surface area contributed by atoms with E-state index < -0.39 is 0 Å². The van der Waals surface area contributed by atoms with E-state index in [1.807, 2.05) is 24.8 Å². The molecule has 2 aliphatic rings. The van der Waals surface area contributed by atoms with E-state index in [0.717, 1.165) is 56.4 Å². The molecule has 0 atom stereocenters. The predicted molar refractivity (Wildman–Crippen MR) is 88.5 cm³/mol. The molecule has 3 heterocycles. The Labute approximate surface area is 137 Å². The maximum Gasteiger partial charge on any atom is 0.223 e. The monoisotopic (exact) mass is 318 g/mol. The molecular weight excluding hydrogens is 292 g/mol. The molecular formula is C17H26N4O2. The Kier molecular flexibility index (Phi) is 5.10. The SMILES string of the molecule is Cc1cc(N2CCC(CC(=O)N3CCOCC3)CC2)nc(C)n1. The molecule has 0 aliphatic carbocycles. The zero-order valence-electron chi connectivity index (χ0n) is 14.1. The number of nitrogens with zero attached hydrogens (tertiary/aromatic N) is 4. The number of piperidine rings is 1. The van der Waals surface area contributed by atoms with E-state index >= 15 is 0 Å². The van der Waals surface area contributed by atoms with Gasteiger partial charge in [0.1, 0.15) is 11.6 Å². The summed E-state index contributed by atoms with van der Waals surface area (Å²) in [6.07, 6.45) is 2.78. The number of carbonyl (C=O) groups is 1. The zero-order valence-corrected chi connectivity index (χ0v) is 14.1. The van der Waals surface area contributed by atoms with Gasteiger partial charge < -0.3 is 14.5 Å². The standard InChI is InChI=1S/C17H26N4O2/c1-13-11-16(19-14(2)18-13)20-5-3-15(4-6-20)12-17(22)21-7-9-23-10-8-21/h11,15H,3-10,12H2,1-2H3. The first-order valence-corrected chi connectivity index (χ1v) is 8.54. The third kappa shape index (κ3) is 4.19. The number of aryl methyl sites for hydroxylation is 2. The third-order valence-corrected chi connectivity index (χ3v) is 4.72. The van der Waals surface area contributed by atoms with E-state index in [0.29, 0.717) is 31.5 Å². The summed E-state index contributed by atoms with van der Waals surface area (Å²) in [6, 6.07) is 2.05. The highest BCUT2D eigenvalue weighted by Crippen LogP contribution is 2.25. The topological polar surface area (TPSA) is 58.6 Å². The van der Waals surface area contributed by atoms with Gasteiger partial charge in [0.2, 0.25) is 5.91 Å². The van der Waals surface area contributed by atoms with Gasteiger partial charge in [-0.3, -0.25) is 4.79 Å². The first kappa shape index (κ1) is 16.2. The molecule has 2 fully saturated rings. The van der Waals surface area contributed by atoms with Crippen LogP contribution in [0, 0.1) is 19.8 Å². The van der Waals surface area contributed by atoms with Crippen LogP contribution in [0.2, 0.25) is 0 Å². The lowest BCUT2D eigenvalue weighted by molar-refractivity contribution is -0.136. The number of anilines is 1. The number of morpholine rings is 1. The van der Waals surface area contributed by atoms with Crippen LogP contribution in [0.5, 0.6) is 0 Å². The van der Waals surface area contributed by atoms with Crippen LogP contribution in [0.3, 0.4) is 0 Å². The fourth-order valence-electron chi connectivity index (χ4n) is 3.41. The highest BCUT2D eigenvalue weighted by atomic mass is 16.5. The normalized spacial score (nSPS) is 19.9. The number of rotatable bonds is 3. The van der Waals surface area contributed by atoms with Gasteiger partial charge in [0.05, 0.1) is 13.2 Å². The maximum absolute atomic E-state index is 12.3. The summed E-state index contributed by atoms with van der Waals surface area (Å²) in [5, 5.41) is 0. The van der Waals surface area contributed by atoms with Crippen molar-refractivity contribution in [2.75, 3.05) is 44.3 Å². The number of hydrogen-bond donors (Lipinski definition) is 0. The number of carbonyl (C=O) groups excluding carboxylic acids is 1. The summed E-state index contributed by atoms with van der Waals surface area (Å²) in [7, 11) is 0. The molecule has 3 rings (SSSR count). The van der Waals surface area contributed by atoms with E-state index in [1.54, 1.807) is 0 Å². The lowest BCUT2D eigenvalue weighted by atomic mass is 9.93. The van der Waals surface area contributed by atoms with Gasteiger partial charge in [0.25, 0.3) is 0 Å². The summed E-state index contributed by atoms with van der Waals surface area (Å²) in [6.45, 7) is 8.73. The van der Waals surface area contributed by atoms with Gasteiger partial charge in [-0.1, -0.05) is 0 Å². The van der Waals surface area contributed by atoms with Crippen LogP contribution in [0.25, 0.3) is 0 Å². The quantitative estimate of drug-likeness (QED) is 0.846. The molecule has 126 valence electrons. The Balaban J connectivity index is 1.51. The van der Waals surface area contributed by atoms with Gasteiger partial charge in [-0.25, -0.2) is 9.97 Å². The fraction of sp³-hybridized carbons (Fsp3) is 0.706. The van der Waals surface area contributed by atoms with Gasteiger partial charge >= 0.3 is 0 Å². The Bertz CT molecular complexity index is 529. The van der Waals surface area contributed by atoms with Crippen LogP contribution in [0.4, 0.5) is 5.82 Å². The van der Waals surface area contributed by atoms with Crippen LogP contribution >= 0.6 is 0 Å². The molecule has 0 aromatic carbocycles. The minimum atomic E-state index is 0.292. The van der Waals surface area contributed by atoms with Crippen LogP contribution < -0.4 is 4.90 Å². The molecule has 1 aromatic heterocycles. The first-order chi connectivity index (χ1) is 11.1. The molecule has 0 saturated carbocycles. The van der Waals surface area contributed by atoms with Crippen LogP contribution in [0.1, 0.15) is 30.8 Å². The Morgan fingerprint density at radius 2 is 1.87 bits per heavy atom. The second-order valence-corrected chi connectivity index (χ2v) is 6.54. The minimum Gasteiger partial charge on any atom is -0.378 e. The minimum absolute atomic E-state index is 0.292. The molecule has 23 heavy (non-hydrogen) atoms. The fourth-order valence-corrected chi connectivity index (χ4v) is 3.41. The van der Waals surface area contributed by atoms with Crippen molar-refractivity contribution in [2.45, 2.75) is 33.1 Å². The Hall–Kier alpha value is -1.69. The molecule has 0 spiro atoms. The van der Waals surface area contributed by atoms with Crippen molar-refractivity contribution in [1.82, 2.24) is 14.9 Å². The lowest BCUT2D eigenvalue weighted by Gasteiger charge is -2.34. The molecule has 6 heteroatoms. The lowest BCUT2D eigenvalue weighted by Crippen LogP contribution is -2.42. The third-order valence-electron chi connectivity index (χ3n) is 4.72. The Morgan fingerprint density at radius 3 is 2.52 bits per heavy atom. The number of ether oxygens (including phenoxy) is 1. The molecule has 1 aromatic rings. The summed E-state index contributed by atoms with van der Waals surface area (Å²) < 4.78 is 5.31. The molecule has 0 unspecified atom stereocenters. The van der Waals surface area contributed by atoms with Crippen molar-refractivity contribution >= 4 is 11.7 Å². The van der Waals surface area contributed by atoms with E-state index in [-0.39, 0.29) is 0 Å². The van der Waals surface area contributed by atoms with Crippen molar-refractivity contribution in [3.63, 3.8) is 0 Å². The van der Waals surface area contributed by atoms with Crippen LogP contribution in [-0.4, -0.2) is 60.2 Å². The Morgan fingerprint density at radius 1 is 1.17 bits per heavy atom. The van der Waals surface area contributed by atoms with Crippen molar-refractivity contribution in [2.24, 2.45) is 5.92 Å². The maximum atomic E-state index is 12.3. The molecule has 0 N–H and O–H groups in total. The first-order valence-electron chi connectivity index (χ1n) is 8.54. The van der Waals surface area contributed by atoms with E-state index in [2.05, 4.69) is 14.9 Å². The van der Waals surface area contributed by atoms with Crippen LogP contribution in [0.15, 0.2) is 6.07 Å². The smallest absolute Gasteiger partial charge is 0.223 e. The molecule has 2 saturated heterocycles. The zero-order chi connectivity index (χ0) is 16.2. The largest absolute Gasteiger partial charge is 0.378 e. The van der Waals surface area contributed by atoms with Gasteiger partial charge in [0.15, 0.2) is 0 Å². The highest BCUT2D eigenvalue weighted by Gasteiger charge is 2.25. The van der Waals surface area contributed by atoms with Gasteiger partial charge in [-0.15, -0.1) is 0 Å². The van der Waals surface area contributed by atoms with Gasteiger partial charge in [-0.05, 0) is 32.6 Å². The van der Waals surface area contributed by atoms with Crippen molar-refractivity contribution in [1.29, 1.82) is 0 Å². The highest BCUT2D eigenvalue weighted by molar-refractivity contribution is 5.76. The molecule has 0 bridgehead atoms. The van der Waals surface area contributed by atoms with Crippen LogP contribution in [-0.2, 0) is 9.53 Å². The second kappa shape index (κ2) is 7.25. The average molecular weight is 318 g/mol. The van der Waals surface area contributed by atoms with E-state index in [9.17, 15) is 4.79 Å². The van der Waals surface area contributed by atoms with Gasteiger partial charge in [0, 0.05) is 44.4 Å².